The van der Waals surface area contributed by atoms with E-state index in [1.165, 1.54) is 0 Å². The van der Waals surface area contributed by atoms with Crippen molar-refractivity contribution in [1.82, 2.24) is 45.5 Å². The van der Waals surface area contributed by atoms with Crippen molar-refractivity contribution in [1.29, 1.82) is 5.26 Å². The van der Waals surface area contributed by atoms with Gasteiger partial charge >= 0.3 is 0 Å². The summed E-state index contributed by atoms with van der Waals surface area (Å²) < 4.78 is 9.04. The van der Waals surface area contributed by atoms with E-state index in [9.17, 15) is 29.2 Å². The molecule has 1 unspecified atom stereocenters. The Morgan fingerprint density at radius 2 is 1.69 bits per heavy atom. The van der Waals surface area contributed by atoms with Crippen LogP contribution in [0.25, 0.3) is 16.6 Å². The lowest BCUT2D eigenvalue weighted by atomic mass is 9.49. The molecule has 3 aliphatic rings. The predicted octanol–water partition coefficient (Wildman–Crippen LogP) is 4.31. The molecule has 18 heteroatoms. The Balaban J connectivity index is 0.826. The molecule has 61 heavy (non-hydrogen) atoms. The molecule has 2 saturated heterocycles. The van der Waals surface area contributed by atoms with Crippen molar-refractivity contribution in [3.63, 3.8) is 0 Å². The van der Waals surface area contributed by atoms with Gasteiger partial charge in [0.25, 0.3) is 17.4 Å². The number of anilines is 1. The Hall–Kier alpha value is -6.67. The lowest BCUT2D eigenvalue weighted by molar-refractivity contribution is -0.164. The Bertz CT molecular complexity index is 2650. The number of halogens is 1. The predicted molar refractivity (Wildman–Crippen MR) is 223 cm³/mol. The summed E-state index contributed by atoms with van der Waals surface area (Å²) in [7, 11) is 0. The van der Waals surface area contributed by atoms with Crippen LogP contribution in [0, 0.1) is 22.2 Å². The minimum atomic E-state index is -0.931. The summed E-state index contributed by atoms with van der Waals surface area (Å²) >= 11 is 6.24. The fourth-order valence-corrected chi connectivity index (χ4v) is 9.38. The van der Waals surface area contributed by atoms with Crippen LogP contribution >= 0.6 is 11.6 Å². The summed E-state index contributed by atoms with van der Waals surface area (Å²) in [6.07, 6.45) is 3.33. The minimum absolute atomic E-state index is 0.0148. The van der Waals surface area contributed by atoms with Gasteiger partial charge in [0.1, 0.15) is 29.5 Å². The number of amides is 4. The van der Waals surface area contributed by atoms with E-state index in [1.54, 1.807) is 58.1 Å². The number of carbonyl (C=O) groups is 4. The van der Waals surface area contributed by atoms with Crippen LogP contribution in [0.15, 0.2) is 71.7 Å². The van der Waals surface area contributed by atoms with Crippen molar-refractivity contribution in [2.75, 3.05) is 25.0 Å². The zero-order valence-electron chi connectivity index (χ0n) is 34.0. The zero-order chi connectivity index (χ0) is 43.2. The summed E-state index contributed by atoms with van der Waals surface area (Å²) in [4.78, 5) is 65.7. The first kappa shape index (κ1) is 41.1. The van der Waals surface area contributed by atoms with Crippen molar-refractivity contribution < 1.29 is 23.9 Å². The molecule has 2 aromatic heterocycles. The number of fused-ring (bicyclic) bond motifs is 1. The van der Waals surface area contributed by atoms with Crippen LogP contribution in [-0.2, 0) is 14.4 Å². The van der Waals surface area contributed by atoms with Crippen molar-refractivity contribution >= 4 is 51.8 Å². The Labute approximate surface area is 355 Å². The molecule has 1 aliphatic carbocycles. The highest BCUT2D eigenvalue weighted by Gasteiger charge is 2.64. The molecule has 0 spiro atoms. The molecule has 1 atom stereocenters. The Morgan fingerprint density at radius 3 is 2.38 bits per heavy atom. The molecule has 3 aromatic carbocycles. The molecule has 4 heterocycles. The summed E-state index contributed by atoms with van der Waals surface area (Å²) in [5.41, 5.74) is 2.04. The monoisotopic (exact) mass is 845 g/mol. The summed E-state index contributed by atoms with van der Waals surface area (Å²) in [5.74, 6) is -0.597. The smallest absolute Gasteiger partial charge is 0.278 e. The topological polar surface area (TPSA) is 219 Å². The molecule has 3 N–H and O–H groups in total. The molecular weight excluding hydrogens is 802 g/mol. The molecule has 314 valence electrons. The van der Waals surface area contributed by atoms with Crippen molar-refractivity contribution in [3.8, 4) is 17.5 Å². The van der Waals surface area contributed by atoms with Gasteiger partial charge in [-0.2, -0.15) is 9.94 Å². The number of hydrogen-bond donors (Lipinski definition) is 3. The maximum Gasteiger partial charge on any atom is 0.278 e. The molecule has 1 saturated carbocycles. The van der Waals surface area contributed by atoms with E-state index in [0.717, 1.165) is 16.1 Å². The van der Waals surface area contributed by atoms with Gasteiger partial charge in [-0.05, 0) is 73.9 Å². The zero-order valence-corrected chi connectivity index (χ0v) is 34.8. The first-order chi connectivity index (χ1) is 29.1. The molecule has 0 radical (unpaired) electrons. The molecule has 5 aromatic rings. The molecule has 8 rings (SSSR count). The van der Waals surface area contributed by atoms with Gasteiger partial charge in [0.2, 0.25) is 11.8 Å². The van der Waals surface area contributed by atoms with Gasteiger partial charge in [0.15, 0.2) is 0 Å². The second kappa shape index (κ2) is 16.1. The molecule has 4 amide bonds. The summed E-state index contributed by atoms with van der Waals surface area (Å²) in [6.45, 7) is 9.33. The van der Waals surface area contributed by atoms with Crippen molar-refractivity contribution in [2.45, 2.75) is 77.5 Å². The minimum Gasteiger partial charge on any atom is -0.489 e. The van der Waals surface area contributed by atoms with Crippen LogP contribution in [0.5, 0.6) is 5.75 Å². The van der Waals surface area contributed by atoms with E-state index in [2.05, 4.69) is 70.3 Å². The maximum atomic E-state index is 13.5. The SMILES string of the molecule is CC1(C)C(NC(=O)c2ccc(-n3cc(C4CCN(C(=O)CNc5ccc6nnn(C7CCC(=O)NC7=O)c(=O)c6c5)CC4)nn3)cc2)C(C)(C)C1Oc1ccc(C#N)c(Cl)c1. The lowest BCUT2D eigenvalue weighted by Crippen LogP contribution is -2.74. The van der Waals surface area contributed by atoms with Crippen LogP contribution in [0.2, 0.25) is 5.02 Å². The number of piperidine rings is 2. The first-order valence-electron chi connectivity index (χ1n) is 20.1. The second-order valence-electron chi connectivity index (χ2n) is 17.0. The number of nitrogens with one attached hydrogen (secondary N) is 3. The van der Waals surface area contributed by atoms with Crippen LogP contribution in [0.1, 0.15) is 87.0 Å². The van der Waals surface area contributed by atoms with Gasteiger partial charge in [0, 0.05) is 59.6 Å². The molecule has 17 nitrogen and oxygen atoms in total. The first-order valence-corrected chi connectivity index (χ1v) is 20.5. The van der Waals surface area contributed by atoms with Crippen LogP contribution in [0.4, 0.5) is 5.69 Å². The van der Waals surface area contributed by atoms with E-state index >= 15 is 0 Å². The number of nitriles is 1. The third kappa shape index (κ3) is 7.90. The number of aromatic nitrogens is 6. The normalized spacial score (nSPS) is 20.9. The highest BCUT2D eigenvalue weighted by molar-refractivity contribution is 6.31. The maximum absolute atomic E-state index is 13.5. The number of ether oxygens (including phenoxy) is 1. The van der Waals surface area contributed by atoms with Gasteiger partial charge in [-0.1, -0.05) is 49.7 Å². The number of likely N-dealkylation sites (tertiary alicyclic amines) is 1. The third-order valence-corrected chi connectivity index (χ3v) is 12.5. The molecule has 2 aliphatic heterocycles. The molecule has 0 bridgehead atoms. The van der Waals surface area contributed by atoms with E-state index in [1.807, 2.05) is 18.3 Å². The van der Waals surface area contributed by atoms with Crippen LogP contribution < -0.4 is 26.2 Å². The van der Waals surface area contributed by atoms with Gasteiger partial charge in [-0.15, -0.1) is 10.2 Å². The molecule has 3 fully saturated rings. The van der Waals surface area contributed by atoms with Crippen LogP contribution in [-0.4, -0.2) is 90.3 Å². The standard InChI is InChI=1S/C43H44ClN11O6/c1-42(2)40(43(3,4)41(42)61-29-11-7-26(21-45)31(44)20-29)48-37(58)25-5-9-28(10-6-25)54-23-33(50-51-54)24-15-17-53(18-16-24)36(57)22-46-27-8-12-32-30(19-27)39(60)55(52-49-32)34-13-14-35(56)47-38(34)59/h5-12,19-20,23-24,34,40-41,46H,13-18,22H2,1-4H3,(H,48,58)(H,47,56,59). The van der Waals surface area contributed by atoms with Crippen molar-refractivity contribution in [2.24, 2.45) is 10.8 Å². The number of hydrogen-bond acceptors (Lipinski definition) is 12. The van der Waals surface area contributed by atoms with E-state index in [0.29, 0.717) is 59.0 Å². The van der Waals surface area contributed by atoms with Crippen LogP contribution in [0.3, 0.4) is 0 Å². The quantitative estimate of drug-likeness (QED) is 0.168. The highest BCUT2D eigenvalue weighted by atomic mass is 35.5. The highest BCUT2D eigenvalue weighted by Crippen LogP contribution is 2.55. The number of imide groups is 1. The lowest BCUT2D eigenvalue weighted by Gasteiger charge is -2.63. The largest absolute Gasteiger partial charge is 0.489 e. The third-order valence-electron chi connectivity index (χ3n) is 12.2. The Kier molecular flexibility index (Phi) is 10.8. The summed E-state index contributed by atoms with van der Waals surface area (Å²) in [6, 6.07) is 18.1. The van der Waals surface area contributed by atoms with E-state index in [4.69, 9.17) is 16.3 Å². The number of rotatable bonds is 10. The molecular formula is C43H44ClN11O6. The number of carbonyl (C=O) groups excluding carboxylic acids is 4. The van der Waals surface area contributed by atoms with Gasteiger partial charge in [-0.25, -0.2) is 4.68 Å². The van der Waals surface area contributed by atoms with Gasteiger partial charge < -0.3 is 20.3 Å². The van der Waals surface area contributed by atoms with Gasteiger partial charge in [-0.3, -0.25) is 29.3 Å². The van der Waals surface area contributed by atoms with Gasteiger partial charge in [0.05, 0.1) is 40.1 Å². The Morgan fingerprint density at radius 1 is 0.951 bits per heavy atom. The average Bonchev–Trinajstić information content (AvgIpc) is 3.75. The second-order valence-corrected chi connectivity index (χ2v) is 17.4. The van der Waals surface area contributed by atoms with Crippen molar-refractivity contribution in [3.05, 3.63) is 99.1 Å². The number of benzene rings is 3. The fourth-order valence-electron chi connectivity index (χ4n) is 9.16. The fraction of sp³-hybridized carbons (Fsp3) is 0.395. The number of nitrogens with zero attached hydrogens (tertiary/aromatic N) is 8. The van der Waals surface area contributed by atoms with E-state index < -0.39 is 34.2 Å². The average molecular weight is 846 g/mol. The van der Waals surface area contributed by atoms with E-state index in [-0.39, 0.29) is 54.7 Å². The summed E-state index contributed by atoms with van der Waals surface area (Å²) in [5, 5.41) is 35.2.